The zero-order chi connectivity index (χ0) is 26.5. The molecule has 2 amide bonds. The average Bonchev–Trinajstić information content (AvgIpc) is 3.55. The molecule has 3 aliphatic heterocycles. The van der Waals surface area contributed by atoms with Crippen molar-refractivity contribution in [1.29, 1.82) is 0 Å². The largest absolute Gasteiger partial charge is 0.443 e. The normalized spacial score (nSPS) is 33.5. The van der Waals surface area contributed by atoms with Crippen molar-refractivity contribution in [3.8, 4) is 0 Å². The fourth-order valence-corrected chi connectivity index (χ4v) is 9.03. The van der Waals surface area contributed by atoms with Crippen LogP contribution in [0.5, 0.6) is 0 Å². The molecule has 2 saturated carbocycles. The smallest absolute Gasteiger partial charge is 0.421 e. The third-order valence-corrected chi connectivity index (χ3v) is 10.2. The van der Waals surface area contributed by atoms with Crippen LogP contribution in [0.2, 0.25) is 0 Å². The van der Waals surface area contributed by atoms with Crippen molar-refractivity contribution >= 4 is 29.1 Å². The van der Waals surface area contributed by atoms with Gasteiger partial charge in [0, 0.05) is 23.9 Å². The van der Waals surface area contributed by atoms with Crippen LogP contribution in [0, 0.1) is 11.8 Å². The van der Waals surface area contributed by atoms with E-state index >= 15 is 4.79 Å². The first kappa shape index (κ1) is 23.9. The van der Waals surface area contributed by atoms with Gasteiger partial charge in [-0.3, -0.25) is 9.79 Å². The number of benzene rings is 2. The number of hydrogen-bond donors (Lipinski definition) is 1. The van der Waals surface area contributed by atoms with Crippen LogP contribution in [-0.4, -0.2) is 35.4 Å². The van der Waals surface area contributed by atoms with Gasteiger partial charge in [-0.25, -0.2) is 9.69 Å². The number of anilines is 2. The predicted molar refractivity (Wildman–Crippen MR) is 149 cm³/mol. The molecule has 2 spiro atoms. The number of imide groups is 1. The van der Waals surface area contributed by atoms with Crippen molar-refractivity contribution in [2.45, 2.75) is 88.2 Å². The Balaban J connectivity index is 1.52. The summed E-state index contributed by atoms with van der Waals surface area (Å²) in [6.07, 6.45) is 6.02. The Kier molecular flexibility index (Phi) is 4.85. The number of hydrogen-bond acceptors (Lipinski definition) is 5. The van der Waals surface area contributed by atoms with Crippen molar-refractivity contribution in [3.05, 3.63) is 59.7 Å². The summed E-state index contributed by atoms with van der Waals surface area (Å²) in [5.41, 5.74) is 2.34. The molecule has 0 aromatic heterocycles. The van der Waals surface area contributed by atoms with Crippen LogP contribution in [0.4, 0.5) is 16.2 Å². The third kappa shape index (κ3) is 2.66. The van der Waals surface area contributed by atoms with Gasteiger partial charge in [0.1, 0.15) is 11.0 Å². The minimum Gasteiger partial charge on any atom is -0.443 e. The van der Waals surface area contributed by atoms with E-state index in [0.717, 1.165) is 37.1 Å². The van der Waals surface area contributed by atoms with Gasteiger partial charge < -0.3 is 10.1 Å². The number of nitrogens with zero attached hydrogens (tertiary/aromatic N) is 2. The van der Waals surface area contributed by atoms with Crippen molar-refractivity contribution < 1.29 is 14.3 Å². The van der Waals surface area contributed by atoms with E-state index in [2.05, 4.69) is 42.6 Å². The van der Waals surface area contributed by atoms with E-state index in [1.807, 2.05) is 39.0 Å². The van der Waals surface area contributed by atoms with Crippen molar-refractivity contribution in [1.82, 2.24) is 0 Å². The zero-order valence-electron chi connectivity index (χ0n) is 22.8. The SMILES string of the molecule is CC(C)(C)OC(=O)N1C(=O)[C@@]2(c3ccccc31)[C@H](C1CCCCC1)C1=NCC[C@@]13c1ccccc1N[C@]32C. The Morgan fingerprint density at radius 2 is 1.71 bits per heavy atom. The lowest BCUT2D eigenvalue weighted by Crippen LogP contribution is -2.64. The van der Waals surface area contributed by atoms with Crippen molar-refractivity contribution in [3.63, 3.8) is 0 Å². The summed E-state index contributed by atoms with van der Waals surface area (Å²) in [5.74, 6) is 0.101. The Hall–Kier alpha value is -3.15. The van der Waals surface area contributed by atoms with Crippen molar-refractivity contribution in [2.75, 3.05) is 16.8 Å². The van der Waals surface area contributed by atoms with E-state index < -0.39 is 28.1 Å². The van der Waals surface area contributed by atoms with E-state index in [-0.39, 0.29) is 11.8 Å². The molecular weight excluding hydrogens is 474 g/mol. The maximum absolute atomic E-state index is 15.2. The van der Waals surface area contributed by atoms with Gasteiger partial charge in [0.15, 0.2) is 0 Å². The van der Waals surface area contributed by atoms with Crippen molar-refractivity contribution in [2.24, 2.45) is 16.8 Å². The van der Waals surface area contributed by atoms with Gasteiger partial charge in [-0.05, 0) is 76.1 Å². The molecule has 2 fully saturated rings. The standard InChI is InChI=1S/C32H37N3O3/c1-29(2,3)38-28(37)35-24-17-11-9-15-22(24)32(27(35)36)25(20-12-6-5-7-13-20)26-31(18-19-33-26)21-14-8-10-16-23(21)34-30(31,32)4/h8-11,14-17,20,25,34H,5-7,12-13,18-19H2,1-4H3/t25-,30-,31-,32-/m1/s1. The van der Waals surface area contributed by atoms with Gasteiger partial charge in [0.2, 0.25) is 5.91 Å². The number of ether oxygens (including phenoxy) is 1. The first-order chi connectivity index (χ1) is 18.2. The highest BCUT2D eigenvalue weighted by atomic mass is 16.6. The topological polar surface area (TPSA) is 71.0 Å². The summed E-state index contributed by atoms with van der Waals surface area (Å²) < 4.78 is 5.85. The van der Waals surface area contributed by atoms with E-state index in [9.17, 15) is 4.79 Å². The van der Waals surface area contributed by atoms with Gasteiger partial charge >= 0.3 is 6.09 Å². The molecular formula is C32H37N3O3. The molecule has 4 atom stereocenters. The highest BCUT2D eigenvalue weighted by Gasteiger charge is 2.82. The number of amides is 2. The lowest BCUT2D eigenvalue weighted by atomic mass is 9.56. The van der Waals surface area contributed by atoms with Crippen LogP contribution in [-0.2, 0) is 20.4 Å². The third-order valence-electron chi connectivity index (χ3n) is 10.2. The second-order valence-electron chi connectivity index (χ2n) is 13.0. The monoisotopic (exact) mass is 511 g/mol. The molecule has 198 valence electrons. The number of rotatable bonds is 1. The molecule has 3 heterocycles. The highest BCUT2D eigenvalue weighted by molar-refractivity contribution is 6.27. The van der Waals surface area contributed by atoms with Crippen LogP contribution in [0.1, 0.15) is 77.3 Å². The van der Waals surface area contributed by atoms with Crippen LogP contribution in [0.15, 0.2) is 53.5 Å². The summed E-state index contributed by atoms with van der Waals surface area (Å²) in [5, 5.41) is 3.94. The van der Waals surface area contributed by atoms with Gasteiger partial charge in [-0.1, -0.05) is 55.7 Å². The van der Waals surface area contributed by atoms with Crippen LogP contribution >= 0.6 is 0 Å². The number of fused-ring (bicyclic) bond motifs is 4. The maximum Gasteiger partial charge on any atom is 0.421 e. The number of para-hydroxylation sites is 2. The predicted octanol–water partition coefficient (Wildman–Crippen LogP) is 6.38. The Bertz CT molecular complexity index is 1390. The molecule has 5 aliphatic rings. The maximum atomic E-state index is 15.2. The van der Waals surface area contributed by atoms with Crippen LogP contribution in [0.3, 0.4) is 0 Å². The van der Waals surface area contributed by atoms with Gasteiger partial charge in [-0.15, -0.1) is 0 Å². The first-order valence-electron chi connectivity index (χ1n) is 14.3. The molecule has 1 N–H and O–H groups in total. The summed E-state index contributed by atoms with van der Waals surface area (Å²) >= 11 is 0. The number of carbonyl (C=O) groups excluding carboxylic acids is 2. The molecule has 0 radical (unpaired) electrons. The summed E-state index contributed by atoms with van der Waals surface area (Å²) in [6.45, 7) is 8.55. The quantitative estimate of drug-likeness (QED) is 0.482. The second kappa shape index (κ2) is 7.71. The summed E-state index contributed by atoms with van der Waals surface area (Å²) in [7, 11) is 0. The van der Waals surface area contributed by atoms with Gasteiger partial charge in [0.25, 0.3) is 0 Å². The van der Waals surface area contributed by atoms with E-state index in [1.165, 1.54) is 35.4 Å². The Labute approximate surface area is 224 Å². The lowest BCUT2D eigenvalue weighted by molar-refractivity contribution is -0.126. The molecule has 0 unspecified atom stereocenters. The second-order valence-corrected chi connectivity index (χ2v) is 13.0. The number of nitrogens with one attached hydrogen (secondary N) is 1. The Morgan fingerprint density at radius 3 is 2.45 bits per heavy atom. The molecule has 0 saturated heterocycles. The Morgan fingerprint density at radius 1 is 1.03 bits per heavy atom. The molecule has 2 aliphatic carbocycles. The zero-order valence-corrected chi connectivity index (χ0v) is 22.8. The lowest BCUT2D eigenvalue weighted by Gasteiger charge is -2.47. The molecule has 38 heavy (non-hydrogen) atoms. The van der Waals surface area contributed by atoms with Crippen LogP contribution in [0.25, 0.3) is 0 Å². The summed E-state index contributed by atoms with van der Waals surface area (Å²) in [6, 6.07) is 16.4. The molecule has 2 aromatic carbocycles. The van der Waals surface area contributed by atoms with E-state index in [1.54, 1.807) is 0 Å². The molecule has 7 rings (SSSR count). The minimum atomic E-state index is -0.971. The highest BCUT2D eigenvalue weighted by Crippen LogP contribution is 2.72. The van der Waals surface area contributed by atoms with Gasteiger partial charge in [-0.2, -0.15) is 0 Å². The van der Waals surface area contributed by atoms with E-state index in [0.29, 0.717) is 11.6 Å². The number of aliphatic imine (C=N–C) groups is 1. The fraction of sp³-hybridized carbons (Fsp3) is 0.531. The van der Waals surface area contributed by atoms with Crippen LogP contribution < -0.4 is 10.2 Å². The molecule has 6 heteroatoms. The van der Waals surface area contributed by atoms with E-state index in [4.69, 9.17) is 9.73 Å². The minimum absolute atomic E-state index is 0.0720. The molecule has 2 aromatic rings. The van der Waals surface area contributed by atoms with Gasteiger partial charge in [0.05, 0.1) is 16.6 Å². The first-order valence-corrected chi connectivity index (χ1v) is 14.3. The summed E-state index contributed by atoms with van der Waals surface area (Å²) in [4.78, 5) is 35.6. The fourth-order valence-electron chi connectivity index (χ4n) is 9.03. The molecule has 0 bridgehead atoms. The molecule has 6 nitrogen and oxygen atoms in total. The number of carbonyl (C=O) groups is 2. The average molecular weight is 512 g/mol.